The number of anilines is 2. The van der Waals surface area contributed by atoms with Gasteiger partial charge in [0.05, 0.1) is 18.4 Å². The van der Waals surface area contributed by atoms with Crippen molar-refractivity contribution in [2.75, 3.05) is 17.1 Å². The summed E-state index contributed by atoms with van der Waals surface area (Å²) in [4.78, 5) is 12.5. The number of hydrogen-bond acceptors (Lipinski definition) is 6. The molecule has 1 aromatic heterocycles. The van der Waals surface area contributed by atoms with Gasteiger partial charge in [-0.15, -0.1) is 0 Å². The van der Waals surface area contributed by atoms with Crippen LogP contribution in [-0.2, 0) is 21.2 Å². The van der Waals surface area contributed by atoms with Crippen LogP contribution in [0.15, 0.2) is 82.2 Å². The SMILES string of the molecule is COc1ccc(NS(=O)(=O)c2cccc(NC(=O)Cc3noc4ccccc34)c2)cc1. The minimum atomic E-state index is -3.84. The largest absolute Gasteiger partial charge is 0.497 e. The van der Waals surface area contributed by atoms with Crippen LogP contribution < -0.4 is 14.8 Å². The lowest BCUT2D eigenvalue weighted by molar-refractivity contribution is -0.115. The molecule has 8 nitrogen and oxygen atoms in total. The highest BCUT2D eigenvalue weighted by molar-refractivity contribution is 7.92. The number of fused-ring (bicyclic) bond motifs is 1. The molecule has 0 atom stereocenters. The van der Waals surface area contributed by atoms with Crippen molar-refractivity contribution in [2.45, 2.75) is 11.3 Å². The van der Waals surface area contributed by atoms with E-state index in [-0.39, 0.29) is 17.2 Å². The molecule has 1 heterocycles. The minimum absolute atomic E-state index is 0.00190. The van der Waals surface area contributed by atoms with E-state index >= 15 is 0 Å². The second kappa shape index (κ2) is 8.49. The number of methoxy groups -OCH3 is 1. The van der Waals surface area contributed by atoms with Crippen LogP contribution in [0.5, 0.6) is 5.75 Å². The molecular weight excluding hydrogens is 418 g/mol. The molecule has 0 unspecified atom stereocenters. The lowest BCUT2D eigenvalue weighted by Crippen LogP contribution is -2.16. The molecule has 4 rings (SSSR count). The molecule has 158 valence electrons. The quantitative estimate of drug-likeness (QED) is 0.455. The zero-order valence-corrected chi connectivity index (χ0v) is 17.3. The van der Waals surface area contributed by atoms with Gasteiger partial charge in [-0.1, -0.05) is 23.4 Å². The Balaban J connectivity index is 1.47. The number of aromatic nitrogens is 1. The summed E-state index contributed by atoms with van der Waals surface area (Å²) in [6, 6.07) is 19.8. The van der Waals surface area contributed by atoms with Gasteiger partial charge >= 0.3 is 0 Å². The molecule has 1 amide bonds. The fraction of sp³-hybridized carbons (Fsp3) is 0.0909. The van der Waals surface area contributed by atoms with Gasteiger partial charge in [-0.2, -0.15) is 0 Å². The van der Waals surface area contributed by atoms with Crippen LogP contribution in [0.2, 0.25) is 0 Å². The van der Waals surface area contributed by atoms with E-state index in [0.717, 1.165) is 5.39 Å². The smallest absolute Gasteiger partial charge is 0.261 e. The minimum Gasteiger partial charge on any atom is -0.497 e. The van der Waals surface area contributed by atoms with E-state index in [1.165, 1.54) is 19.2 Å². The summed E-state index contributed by atoms with van der Waals surface area (Å²) >= 11 is 0. The molecule has 3 aromatic carbocycles. The first-order valence-electron chi connectivity index (χ1n) is 9.35. The Morgan fingerprint density at radius 3 is 2.55 bits per heavy atom. The monoisotopic (exact) mass is 437 g/mol. The number of rotatable bonds is 7. The molecule has 0 fully saturated rings. The second-order valence-electron chi connectivity index (χ2n) is 6.71. The van der Waals surface area contributed by atoms with Crippen LogP contribution in [0.4, 0.5) is 11.4 Å². The van der Waals surface area contributed by atoms with Gasteiger partial charge in [0.1, 0.15) is 11.4 Å². The van der Waals surface area contributed by atoms with Gasteiger partial charge in [-0.25, -0.2) is 8.42 Å². The zero-order valence-electron chi connectivity index (χ0n) is 16.5. The Bertz CT molecular complexity index is 1330. The Kier molecular flexibility index (Phi) is 5.59. The summed E-state index contributed by atoms with van der Waals surface area (Å²) in [5.41, 5.74) is 1.87. The molecule has 9 heteroatoms. The van der Waals surface area contributed by atoms with Crippen molar-refractivity contribution in [1.82, 2.24) is 5.16 Å². The predicted molar refractivity (Wildman–Crippen MR) is 117 cm³/mol. The molecular formula is C22H19N3O5S. The van der Waals surface area contributed by atoms with E-state index in [2.05, 4.69) is 15.2 Å². The fourth-order valence-corrected chi connectivity index (χ4v) is 4.14. The maximum atomic E-state index is 12.7. The molecule has 0 bridgehead atoms. The third-order valence-electron chi connectivity index (χ3n) is 4.55. The third kappa shape index (κ3) is 4.67. The van der Waals surface area contributed by atoms with E-state index in [1.54, 1.807) is 42.5 Å². The molecule has 0 aliphatic heterocycles. The Morgan fingerprint density at radius 2 is 1.77 bits per heavy atom. The fourth-order valence-electron chi connectivity index (χ4n) is 3.04. The van der Waals surface area contributed by atoms with Gasteiger partial charge in [0.15, 0.2) is 5.58 Å². The highest BCUT2D eigenvalue weighted by atomic mass is 32.2. The molecule has 4 aromatic rings. The van der Waals surface area contributed by atoms with Crippen molar-refractivity contribution in [3.8, 4) is 5.75 Å². The number of benzene rings is 3. The van der Waals surface area contributed by atoms with Crippen molar-refractivity contribution in [1.29, 1.82) is 0 Å². The first kappa shape index (κ1) is 20.4. The maximum absolute atomic E-state index is 12.7. The van der Waals surface area contributed by atoms with E-state index in [1.807, 2.05) is 18.2 Å². The molecule has 0 radical (unpaired) electrons. The van der Waals surface area contributed by atoms with E-state index < -0.39 is 10.0 Å². The van der Waals surface area contributed by atoms with Crippen molar-refractivity contribution in [3.63, 3.8) is 0 Å². The molecule has 31 heavy (non-hydrogen) atoms. The standard InChI is InChI=1S/C22H19N3O5S/c1-29-17-11-9-15(10-12-17)25-31(27,28)18-6-4-5-16(13-18)23-22(26)14-20-19-7-2-3-8-21(19)30-24-20/h2-13,25H,14H2,1H3,(H,23,26). The zero-order chi connectivity index (χ0) is 21.8. The number of nitrogens with one attached hydrogen (secondary N) is 2. The first-order chi connectivity index (χ1) is 14.9. The number of hydrogen-bond donors (Lipinski definition) is 2. The van der Waals surface area contributed by atoms with Crippen molar-refractivity contribution in [3.05, 3.63) is 78.5 Å². The van der Waals surface area contributed by atoms with Gasteiger partial charge in [-0.3, -0.25) is 9.52 Å². The molecule has 0 spiro atoms. The highest BCUT2D eigenvalue weighted by Gasteiger charge is 2.16. The molecule has 0 saturated carbocycles. The second-order valence-corrected chi connectivity index (χ2v) is 8.39. The van der Waals surface area contributed by atoms with Gasteiger partial charge < -0.3 is 14.6 Å². The molecule has 0 aliphatic carbocycles. The lowest BCUT2D eigenvalue weighted by Gasteiger charge is -2.10. The summed E-state index contributed by atoms with van der Waals surface area (Å²) in [6.07, 6.45) is -0.00190. The van der Waals surface area contributed by atoms with Crippen molar-refractivity contribution >= 4 is 38.3 Å². The number of ether oxygens (including phenoxy) is 1. The normalized spacial score (nSPS) is 11.3. The highest BCUT2D eigenvalue weighted by Crippen LogP contribution is 2.22. The summed E-state index contributed by atoms with van der Waals surface area (Å²) in [6.45, 7) is 0. The maximum Gasteiger partial charge on any atom is 0.261 e. The summed E-state index contributed by atoms with van der Waals surface area (Å²) in [7, 11) is -2.31. The Hall–Kier alpha value is -3.85. The van der Waals surface area contributed by atoms with Crippen LogP contribution in [0.3, 0.4) is 0 Å². The number of carbonyl (C=O) groups excluding carboxylic acids is 1. The topological polar surface area (TPSA) is 111 Å². The average Bonchev–Trinajstić information content (AvgIpc) is 3.17. The van der Waals surface area contributed by atoms with Crippen molar-refractivity contribution < 1.29 is 22.5 Å². The molecule has 0 aliphatic rings. The van der Waals surface area contributed by atoms with Crippen LogP contribution in [-0.4, -0.2) is 26.6 Å². The molecule has 2 N–H and O–H groups in total. The van der Waals surface area contributed by atoms with Gasteiger partial charge in [-0.05, 0) is 54.6 Å². The third-order valence-corrected chi connectivity index (χ3v) is 5.93. The lowest BCUT2D eigenvalue weighted by atomic mass is 10.1. The number of amides is 1. The van der Waals surface area contributed by atoms with E-state index in [0.29, 0.717) is 28.4 Å². The van der Waals surface area contributed by atoms with Crippen LogP contribution in [0, 0.1) is 0 Å². The van der Waals surface area contributed by atoms with Gasteiger partial charge in [0.25, 0.3) is 10.0 Å². The van der Waals surface area contributed by atoms with Crippen molar-refractivity contribution in [2.24, 2.45) is 0 Å². The van der Waals surface area contributed by atoms with E-state index in [9.17, 15) is 13.2 Å². The van der Waals surface area contributed by atoms with Crippen LogP contribution in [0.25, 0.3) is 11.0 Å². The summed E-state index contributed by atoms with van der Waals surface area (Å²) < 4.78 is 38.2. The van der Waals surface area contributed by atoms with E-state index in [4.69, 9.17) is 9.26 Å². The molecule has 0 saturated heterocycles. The number of sulfonamides is 1. The summed E-state index contributed by atoms with van der Waals surface area (Å²) in [5.74, 6) is 0.282. The van der Waals surface area contributed by atoms with Gasteiger partial charge in [0, 0.05) is 16.8 Å². The number of carbonyl (C=O) groups is 1. The summed E-state index contributed by atoms with van der Waals surface area (Å²) in [5, 5.41) is 7.41. The number of nitrogens with zero attached hydrogens (tertiary/aromatic N) is 1. The Morgan fingerprint density at radius 1 is 1.00 bits per heavy atom. The predicted octanol–water partition coefficient (Wildman–Crippen LogP) is 3.82. The Labute approximate surface area is 178 Å². The first-order valence-corrected chi connectivity index (χ1v) is 10.8. The van der Waals surface area contributed by atoms with Gasteiger partial charge in [0.2, 0.25) is 5.91 Å². The number of para-hydroxylation sites is 1. The van der Waals surface area contributed by atoms with Crippen LogP contribution >= 0.6 is 0 Å². The van der Waals surface area contributed by atoms with Crippen LogP contribution in [0.1, 0.15) is 5.69 Å². The average molecular weight is 437 g/mol.